The van der Waals surface area contributed by atoms with Gasteiger partial charge in [0.1, 0.15) is 5.82 Å². The summed E-state index contributed by atoms with van der Waals surface area (Å²) in [7, 11) is 0. The third kappa shape index (κ3) is 4.30. The van der Waals surface area contributed by atoms with Crippen molar-refractivity contribution in [3.05, 3.63) is 108 Å². The van der Waals surface area contributed by atoms with Crippen LogP contribution in [-0.2, 0) is 5.41 Å². The number of rotatable bonds is 3. The Morgan fingerprint density at radius 2 is 0.897 bits per heavy atom. The van der Waals surface area contributed by atoms with Crippen molar-refractivity contribution < 1.29 is 4.39 Å². The highest BCUT2D eigenvalue weighted by atomic mass is 19.1. The smallest absolute Gasteiger partial charge is 0.123 e. The topological polar surface area (TPSA) is 0 Å². The van der Waals surface area contributed by atoms with E-state index in [1.165, 1.54) is 39.9 Å². The molecule has 0 spiro atoms. The van der Waals surface area contributed by atoms with Gasteiger partial charge in [-0.3, -0.25) is 0 Å². The maximum absolute atomic E-state index is 13.4. The fraction of sp³-hybridized carbons (Fsp3) is 0.143. The molecule has 0 aliphatic carbocycles. The van der Waals surface area contributed by atoms with Gasteiger partial charge in [-0.15, -0.1) is 0 Å². The van der Waals surface area contributed by atoms with Crippen LogP contribution >= 0.6 is 0 Å². The van der Waals surface area contributed by atoms with E-state index in [-0.39, 0.29) is 11.2 Å². The molecule has 0 atom stereocenters. The fourth-order valence-electron chi connectivity index (χ4n) is 3.52. The molecule has 0 aliphatic heterocycles. The van der Waals surface area contributed by atoms with Crippen LogP contribution in [0.2, 0.25) is 0 Å². The van der Waals surface area contributed by atoms with Gasteiger partial charge in [-0.2, -0.15) is 0 Å². The van der Waals surface area contributed by atoms with E-state index in [0.29, 0.717) is 0 Å². The molecule has 1 heteroatoms. The minimum atomic E-state index is -0.211. The molecule has 0 heterocycles. The molecule has 0 N–H and O–H groups in total. The molecule has 144 valence electrons. The summed E-state index contributed by atoms with van der Waals surface area (Å²) in [6.45, 7) is 6.66. The predicted molar refractivity (Wildman–Crippen MR) is 121 cm³/mol. The molecule has 0 fully saturated rings. The van der Waals surface area contributed by atoms with E-state index in [1.54, 1.807) is 0 Å². The standard InChI is InChI=1S/C28H25F/c1-28(2,3)26-18-24(17-25(19-26)23-13-15-27(29)16-14-23)22-11-9-21(10-12-22)20-7-5-4-6-8-20/h4-19H,1-3H3. The number of benzene rings is 4. The van der Waals surface area contributed by atoms with Crippen LogP contribution < -0.4 is 0 Å². The van der Waals surface area contributed by atoms with Crippen LogP contribution in [0.25, 0.3) is 33.4 Å². The van der Waals surface area contributed by atoms with Crippen molar-refractivity contribution in [2.45, 2.75) is 26.2 Å². The van der Waals surface area contributed by atoms with Crippen LogP contribution in [0.15, 0.2) is 97.1 Å². The SMILES string of the molecule is CC(C)(C)c1cc(-c2ccc(F)cc2)cc(-c2ccc(-c3ccccc3)cc2)c1. The highest BCUT2D eigenvalue weighted by molar-refractivity contribution is 5.76. The third-order valence-electron chi connectivity index (χ3n) is 5.30. The monoisotopic (exact) mass is 380 g/mol. The molecule has 0 aromatic heterocycles. The maximum Gasteiger partial charge on any atom is 0.123 e. The third-order valence-corrected chi connectivity index (χ3v) is 5.30. The summed E-state index contributed by atoms with van der Waals surface area (Å²) in [4.78, 5) is 0. The molecule has 0 saturated heterocycles. The summed E-state index contributed by atoms with van der Waals surface area (Å²) in [5.74, 6) is -0.211. The van der Waals surface area contributed by atoms with Gasteiger partial charge in [-0.25, -0.2) is 4.39 Å². The van der Waals surface area contributed by atoms with E-state index in [4.69, 9.17) is 0 Å². The highest BCUT2D eigenvalue weighted by Crippen LogP contribution is 2.34. The van der Waals surface area contributed by atoms with Crippen LogP contribution in [0.1, 0.15) is 26.3 Å². The number of hydrogen-bond donors (Lipinski definition) is 0. The Kier molecular flexibility index (Phi) is 5.07. The lowest BCUT2D eigenvalue weighted by molar-refractivity contribution is 0.590. The maximum atomic E-state index is 13.4. The largest absolute Gasteiger partial charge is 0.207 e. The molecule has 4 aromatic carbocycles. The zero-order valence-corrected chi connectivity index (χ0v) is 17.1. The van der Waals surface area contributed by atoms with E-state index in [0.717, 1.165) is 11.1 Å². The van der Waals surface area contributed by atoms with E-state index in [2.05, 4.69) is 87.5 Å². The average molecular weight is 381 g/mol. The lowest BCUT2D eigenvalue weighted by atomic mass is 9.83. The Labute approximate surface area is 172 Å². The van der Waals surface area contributed by atoms with Gasteiger partial charge in [-0.1, -0.05) is 99.6 Å². The molecule has 4 rings (SSSR count). The lowest BCUT2D eigenvalue weighted by Crippen LogP contribution is -2.11. The predicted octanol–water partition coefficient (Wildman–Crippen LogP) is 8.12. The Balaban J connectivity index is 1.78. The summed E-state index contributed by atoms with van der Waals surface area (Å²) < 4.78 is 13.4. The average Bonchev–Trinajstić information content (AvgIpc) is 2.74. The quantitative estimate of drug-likeness (QED) is 0.336. The van der Waals surface area contributed by atoms with E-state index in [1.807, 2.05) is 18.2 Å². The van der Waals surface area contributed by atoms with Gasteiger partial charge >= 0.3 is 0 Å². The number of hydrogen-bond acceptors (Lipinski definition) is 0. The molecular formula is C28H25F. The first-order chi connectivity index (χ1) is 13.9. The molecule has 0 saturated carbocycles. The number of halogens is 1. The fourth-order valence-corrected chi connectivity index (χ4v) is 3.52. The summed E-state index contributed by atoms with van der Waals surface area (Å²) >= 11 is 0. The van der Waals surface area contributed by atoms with Gasteiger partial charge in [0.15, 0.2) is 0 Å². The minimum Gasteiger partial charge on any atom is -0.207 e. The summed E-state index contributed by atoms with van der Waals surface area (Å²) in [6, 6.07) is 32.5. The summed E-state index contributed by atoms with van der Waals surface area (Å²) in [5, 5.41) is 0. The second kappa shape index (κ2) is 7.67. The molecule has 0 radical (unpaired) electrons. The first-order valence-corrected chi connectivity index (χ1v) is 9.97. The van der Waals surface area contributed by atoms with E-state index < -0.39 is 0 Å². The minimum absolute atomic E-state index is 0.0226. The van der Waals surface area contributed by atoms with Crippen LogP contribution in [0, 0.1) is 5.82 Å². The molecule has 4 aromatic rings. The Morgan fingerprint density at radius 3 is 1.38 bits per heavy atom. The second-order valence-corrected chi connectivity index (χ2v) is 8.50. The van der Waals surface area contributed by atoms with Crippen LogP contribution in [0.5, 0.6) is 0 Å². The van der Waals surface area contributed by atoms with E-state index >= 15 is 0 Å². The Bertz CT molecular complexity index is 1100. The van der Waals surface area contributed by atoms with Gasteiger partial charge < -0.3 is 0 Å². The van der Waals surface area contributed by atoms with Crippen LogP contribution in [-0.4, -0.2) is 0 Å². The summed E-state index contributed by atoms with van der Waals surface area (Å²) in [6.07, 6.45) is 0. The van der Waals surface area contributed by atoms with Crippen molar-refractivity contribution in [3.8, 4) is 33.4 Å². The van der Waals surface area contributed by atoms with Crippen LogP contribution in [0.4, 0.5) is 4.39 Å². The molecule has 0 nitrogen and oxygen atoms in total. The van der Waals surface area contributed by atoms with Gasteiger partial charge in [0.2, 0.25) is 0 Å². The van der Waals surface area contributed by atoms with Gasteiger partial charge in [0.25, 0.3) is 0 Å². The van der Waals surface area contributed by atoms with Crippen molar-refractivity contribution >= 4 is 0 Å². The Morgan fingerprint density at radius 1 is 0.483 bits per heavy atom. The van der Waals surface area contributed by atoms with Crippen molar-refractivity contribution in [3.63, 3.8) is 0 Å². The first-order valence-electron chi connectivity index (χ1n) is 9.97. The zero-order chi connectivity index (χ0) is 20.4. The molecule has 0 unspecified atom stereocenters. The molecule has 0 bridgehead atoms. The van der Waals surface area contributed by atoms with Crippen molar-refractivity contribution in [2.24, 2.45) is 0 Å². The Hall–Kier alpha value is -3.19. The highest BCUT2D eigenvalue weighted by Gasteiger charge is 2.16. The summed E-state index contributed by atoms with van der Waals surface area (Å²) in [5.41, 5.74) is 8.21. The van der Waals surface area contributed by atoms with Crippen molar-refractivity contribution in [1.29, 1.82) is 0 Å². The second-order valence-electron chi connectivity index (χ2n) is 8.50. The molecule has 0 aliphatic rings. The first kappa shape index (κ1) is 19.1. The zero-order valence-electron chi connectivity index (χ0n) is 17.1. The molecule has 29 heavy (non-hydrogen) atoms. The van der Waals surface area contributed by atoms with Gasteiger partial charge in [-0.05, 0) is 62.6 Å². The lowest BCUT2D eigenvalue weighted by Gasteiger charge is -2.22. The van der Waals surface area contributed by atoms with Gasteiger partial charge in [0, 0.05) is 0 Å². The molecular weight excluding hydrogens is 355 g/mol. The van der Waals surface area contributed by atoms with Crippen molar-refractivity contribution in [2.75, 3.05) is 0 Å². The van der Waals surface area contributed by atoms with Crippen LogP contribution in [0.3, 0.4) is 0 Å². The van der Waals surface area contributed by atoms with E-state index in [9.17, 15) is 4.39 Å². The molecule has 0 amide bonds. The van der Waals surface area contributed by atoms with Gasteiger partial charge in [0.05, 0.1) is 0 Å². The normalized spacial score (nSPS) is 11.4. The van der Waals surface area contributed by atoms with Crippen molar-refractivity contribution in [1.82, 2.24) is 0 Å².